The molecule has 2 aliphatic heterocycles. The van der Waals surface area contributed by atoms with Crippen LogP contribution in [0.2, 0.25) is 0 Å². The lowest BCUT2D eigenvalue weighted by atomic mass is 9.91. The molecule has 1 saturated heterocycles. The number of rotatable bonds is 4. The second-order valence-corrected chi connectivity index (χ2v) is 7.37. The first-order chi connectivity index (χ1) is 13.6. The highest BCUT2D eigenvalue weighted by Gasteiger charge is 2.40. The van der Waals surface area contributed by atoms with E-state index in [1.807, 2.05) is 44.2 Å². The number of carbonyl (C=O) groups excluding carboxylic acids is 1. The Labute approximate surface area is 165 Å². The van der Waals surface area contributed by atoms with Gasteiger partial charge in [-0.05, 0) is 26.0 Å². The van der Waals surface area contributed by atoms with Crippen molar-refractivity contribution < 1.29 is 14.3 Å². The maximum atomic E-state index is 12.3. The summed E-state index contributed by atoms with van der Waals surface area (Å²) < 4.78 is 11.8. The number of benzene rings is 1. The molecule has 7 nitrogen and oxygen atoms in total. The first kappa shape index (κ1) is 18.7. The van der Waals surface area contributed by atoms with E-state index in [9.17, 15) is 4.79 Å². The second-order valence-electron chi connectivity index (χ2n) is 7.37. The van der Waals surface area contributed by atoms with Gasteiger partial charge in [0.05, 0.1) is 12.1 Å². The van der Waals surface area contributed by atoms with Crippen LogP contribution in [-0.2, 0) is 11.3 Å². The molecule has 2 aromatic rings. The standard InChI is InChI=1S/C21H26N4O3/c1-3-27-13-18-23-15(2)12-19(24-18)25-10-8-21(9-11-25)14-22-20(26)16-6-4-5-7-17(16)28-21/h4-7,12H,3,8-11,13-14H2,1-2H3,(H,22,26). The maximum absolute atomic E-state index is 12.3. The van der Waals surface area contributed by atoms with Crippen molar-refractivity contribution in [2.75, 3.05) is 31.1 Å². The summed E-state index contributed by atoms with van der Waals surface area (Å²) in [5.41, 5.74) is 1.16. The minimum Gasteiger partial charge on any atom is -0.484 e. The van der Waals surface area contributed by atoms with Gasteiger partial charge in [0.25, 0.3) is 5.91 Å². The van der Waals surface area contributed by atoms with E-state index in [0.717, 1.165) is 37.4 Å². The van der Waals surface area contributed by atoms with Crippen LogP contribution in [0.5, 0.6) is 5.75 Å². The zero-order chi connectivity index (χ0) is 19.6. The summed E-state index contributed by atoms with van der Waals surface area (Å²) in [5.74, 6) is 2.24. The number of nitrogens with one attached hydrogen (secondary N) is 1. The van der Waals surface area contributed by atoms with Crippen molar-refractivity contribution in [3.05, 3.63) is 47.4 Å². The Balaban J connectivity index is 1.49. The van der Waals surface area contributed by atoms with Gasteiger partial charge >= 0.3 is 0 Å². The number of anilines is 1. The number of ether oxygens (including phenoxy) is 2. The molecule has 1 fully saturated rings. The molecule has 1 aromatic carbocycles. The van der Waals surface area contributed by atoms with Crippen LogP contribution < -0.4 is 15.0 Å². The molecule has 2 aliphatic rings. The van der Waals surface area contributed by atoms with Crippen molar-refractivity contribution in [3.8, 4) is 5.75 Å². The molecule has 0 aliphatic carbocycles. The maximum Gasteiger partial charge on any atom is 0.255 e. The van der Waals surface area contributed by atoms with Gasteiger partial charge in [-0.15, -0.1) is 0 Å². The zero-order valence-electron chi connectivity index (χ0n) is 16.4. The molecule has 0 radical (unpaired) electrons. The summed E-state index contributed by atoms with van der Waals surface area (Å²) in [7, 11) is 0. The number of fused-ring (bicyclic) bond motifs is 1. The van der Waals surface area contributed by atoms with Gasteiger partial charge < -0.3 is 19.7 Å². The fraction of sp³-hybridized carbons (Fsp3) is 0.476. The largest absolute Gasteiger partial charge is 0.484 e. The third kappa shape index (κ3) is 3.80. The predicted molar refractivity (Wildman–Crippen MR) is 106 cm³/mol. The fourth-order valence-electron chi connectivity index (χ4n) is 3.80. The molecular formula is C21H26N4O3. The van der Waals surface area contributed by atoms with Crippen molar-refractivity contribution in [2.24, 2.45) is 0 Å². The van der Waals surface area contributed by atoms with Gasteiger partial charge in [-0.3, -0.25) is 4.79 Å². The number of carbonyl (C=O) groups is 1. The number of hydrogen-bond acceptors (Lipinski definition) is 6. The first-order valence-electron chi connectivity index (χ1n) is 9.82. The molecule has 0 unspecified atom stereocenters. The molecule has 1 N–H and O–H groups in total. The van der Waals surface area contributed by atoms with Gasteiger partial charge in [0, 0.05) is 44.3 Å². The van der Waals surface area contributed by atoms with Gasteiger partial charge in [-0.25, -0.2) is 9.97 Å². The van der Waals surface area contributed by atoms with Crippen LogP contribution in [0.1, 0.15) is 41.6 Å². The highest BCUT2D eigenvalue weighted by Crippen LogP contribution is 2.33. The van der Waals surface area contributed by atoms with E-state index < -0.39 is 0 Å². The lowest BCUT2D eigenvalue weighted by Crippen LogP contribution is -2.53. The lowest BCUT2D eigenvalue weighted by molar-refractivity contribution is 0.0471. The zero-order valence-corrected chi connectivity index (χ0v) is 16.4. The highest BCUT2D eigenvalue weighted by atomic mass is 16.5. The summed E-state index contributed by atoms with van der Waals surface area (Å²) in [5, 5.41) is 3.03. The molecule has 0 bridgehead atoms. The Kier molecular flexibility index (Phi) is 5.17. The van der Waals surface area contributed by atoms with Crippen molar-refractivity contribution in [1.29, 1.82) is 0 Å². The van der Waals surface area contributed by atoms with Crippen LogP contribution >= 0.6 is 0 Å². The Hall–Kier alpha value is -2.67. The van der Waals surface area contributed by atoms with Gasteiger partial charge in [0.15, 0.2) is 5.82 Å². The van der Waals surface area contributed by atoms with Crippen LogP contribution in [0.3, 0.4) is 0 Å². The SMILES string of the molecule is CCOCc1nc(C)cc(N2CCC3(CC2)CNC(=O)c2ccccc2O3)n1. The van der Waals surface area contributed by atoms with Crippen molar-refractivity contribution in [2.45, 2.75) is 38.9 Å². The summed E-state index contributed by atoms with van der Waals surface area (Å²) in [6, 6.07) is 9.46. The summed E-state index contributed by atoms with van der Waals surface area (Å²) in [6.07, 6.45) is 1.62. The number of para-hydroxylation sites is 1. The van der Waals surface area contributed by atoms with Crippen molar-refractivity contribution >= 4 is 11.7 Å². The van der Waals surface area contributed by atoms with E-state index in [-0.39, 0.29) is 11.5 Å². The molecular weight excluding hydrogens is 356 g/mol. The van der Waals surface area contributed by atoms with Crippen LogP contribution in [0.4, 0.5) is 5.82 Å². The van der Waals surface area contributed by atoms with Crippen molar-refractivity contribution in [1.82, 2.24) is 15.3 Å². The predicted octanol–water partition coefficient (Wildman–Crippen LogP) is 2.48. The van der Waals surface area contributed by atoms with Gasteiger partial charge in [-0.2, -0.15) is 0 Å². The minimum atomic E-state index is -0.380. The van der Waals surface area contributed by atoms with Gasteiger partial charge in [0.2, 0.25) is 0 Å². The lowest BCUT2D eigenvalue weighted by Gasteiger charge is -2.41. The third-order valence-electron chi connectivity index (χ3n) is 5.35. The summed E-state index contributed by atoms with van der Waals surface area (Å²) in [4.78, 5) is 23.7. The van der Waals surface area contributed by atoms with Crippen LogP contribution in [0, 0.1) is 6.92 Å². The normalized spacial score (nSPS) is 18.2. The average molecular weight is 382 g/mol. The topological polar surface area (TPSA) is 76.6 Å². The van der Waals surface area contributed by atoms with Crippen LogP contribution in [0.25, 0.3) is 0 Å². The molecule has 1 spiro atoms. The van der Waals surface area contributed by atoms with E-state index in [1.54, 1.807) is 0 Å². The van der Waals surface area contributed by atoms with E-state index in [4.69, 9.17) is 9.47 Å². The molecule has 1 amide bonds. The third-order valence-corrected chi connectivity index (χ3v) is 5.35. The van der Waals surface area contributed by atoms with E-state index in [2.05, 4.69) is 20.2 Å². The van der Waals surface area contributed by atoms with E-state index >= 15 is 0 Å². The highest BCUT2D eigenvalue weighted by molar-refractivity contribution is 5.97. The molecule has 28 heavy (non-hydrogen) atoms. The Bertz CT molecular complexity index is 862. The molecule has 4 rings (SSSR count). The average Bonchev–Trinajstić information content (AvgIpc) is 2.84. The van der Waals surface area contributed by atoms with Gasteiger partial charge in [-0.1, -0.05) is 12.1 Å². The number of hydrogen-bond donors (Lipinski definition) is 1. The van der Waals surface area contributed by atoms with E-state index in [1.165, 1.54) is 0 Å². The summed E-state index contributed by atoms with van der Waals surface area (Å²) in [6.45, 7) is 7.15. The minimum absolute atomic E-state index is 0.0677. The monoisotopic (exact) mass is 382 g/mol. The smallest absolute Gasteiger partial charge is 0.255 e. The number of aromatic nitrogens is 2. The van der Waals surface area contributed by atoms with E-state index in [0.29, 0.717) is 36.9 Å². The molecule has 148 valence electrons. The number of aryl methyl sites for hydroxylation is 1. The van der Waals surface area contributed by atoms with Crippen LogP contribution in [-0.4, -0.2) is 47.7 Å². The Morgan fingerprint density at radius 3 is 2.82 bits per heavy atom. The Morgan fingerprint density at radius 2 is 2.04 bits per heavy atom. The molecule has 7 heteroatoms. The van der Waals surface area contributed by atoms with Crippen molar-refractivity contribution in [3.63, 3.8) is 0 Å². The molecule has 0 atom stereocenters. The Morgan fingerprint density at radius 1 is 1.25 bits per heavy atom. The van der Waals surface area contributed by atoms with Crippen LogP contribution in [0.15, 0.2) is 30.3 Å². The second kappa shape index (κ2) is 7.75. The van der Waals surface area contributed by atoms with Gasteiger partial charge in [0.1, 0.15) is 23.8 Å². The summed E-state index contributed by atoms with van der Waals surface area (Å²) >= 11 is 0. The number of piperidine rings is 1. The molecule has 1 aromatic heterocycles. The first-order valence-corrected chi connectivity index (χ1v) is 9.82. The number of amides is 1. The quantitative estimate of drug-likeness (QED) is 0.876. The number of nitrogens with zero attached hydrogens (tertiary/aromatic N) is 3. The molecule has 0 saturated carbocycles. The molecule has 3 heterocycles. The fourth-order valence-corrected chi connectivity index (χ4v) is 3.80.